The van der Waals surface area contributed by atoms with Crippen LogP contribution < -0.4 is 15.4 Å². The second kappa shape index (κ2) is 6.72. The van der Waals surface area contributed by atoms with Gasteiger partial charge in [0.2, 0.25) is 11.8 Å². The van der Waals surface area contributed by atoms with E-state index in [2.05, 4.69) is 15.6 Å². The van der Waals surface area contributed by atoms with Gasteiger partial charge in [-0.2, -0.15) is 0 Å². The molecule has 2 aromatic rings. The number of nitrogens with one attached hydrogen (secondary N) is 2. The Kier molecular flexibility index (Phi) is 4.71. The Morgan fingerprint density at radius 2 is 2.07 bits per heavy atom. The molecule has 0 aliphatic carbocycles. The Labute approximate surface area is 159 Å². The van der Waals surface area contributed by atoms with Crippen molar-refractivity contribution in [2.24, 2.45) is 12.5 Å². The number of nitrogens with zero attached hydrogens (tertiary/aromatic N) is 2. The van der Waals surface area contributed by atoms with Crippen LogP contribution in [-0.4, -0.2) is 28.5 Å². The third-order valence-corrected chi connectivity index (χ3v) is 4.95. The minimum Gasteiger partial charge on any atom is -0.494 e. The number of aromatic nitrogens is 2. The van der Waals surface area contributed by atoms with Gasteiger partial charge in [0.25, 0.3) is 0 Å². The first kappa shape index (κ1) is 18.9. The van der Waals surface area contributed by atoms with Gasteiger partial charge in [-0.15, -0.1) is 0 Å². The highest BCUT2D eigenvalue weighted by atomic mass is 16.5. The molecule has 1 atom stereocenters. The minimum atomic E-state index is -0.534. The van der Waals surface area contributed by atoms with Gasteiger partial charge in [0, 0.05) is 48.4 Å². The van der Waals surface area contributed by atoms with Crippen LogP contribution in [0.4, 0.5) is 11.4 Å². The summed E-state index contributed by atoms with van der Waals surface area (Å²) in [7, 11) is 3.48. The maximum absolute atomic E-state index is 12.5. The van der Waals surface area contributed by atoms with Crippen LogP contribution in [0.15, 0.2) is 18.3 Å². The van der Waals surface area contributed by atoms with E-state index in [0.717, 1.165) is 17.1 Å². The molecule has 1 aliphatic rings. The molecule has 0 saturated carbocycles. The van der Waals surface area contributed by atoms with Crippen molar-refractivity contribution in [1.82, 2.24) is 9.55 Å². The Morgan fingerprint density at radius 1 is 1.37 bits per heavy atom. The van der Waals surface area contributed by atoms with Crippen molar-refractivity contribution in [3.63, 3.8) is 0 Å². The lowest BCUT2D eigenvalue weighted by molar-refractivity contribution is -0.123. The lowest BCUT2D eigenvalue weighted by atomic mass is 9.87. The van der Waals surface area contributed by atoms with Crippen LogP contribution in [0.25, 0.3) is 0 Å². The summed E-state index contributed by atoms with van der Waals surface area (Å²) in [6.07, 6.45) is 2.13. The van der Waals surface area contributed by atoms with Crippen molar-refractivity contribution >= 4 is 23.2 Å². The molecule has 2 heterocycles. The summed E-state index contributed by atoms with van der Waals surface area (Å²) >= 11 is 0. The molecule has 7 heteroatoms. The third kappa shape index (κ3) is 3.54. The number of carbonyl (C=O) groups is 2. The van der Waals surface area contributed by atoms with Crippen LogP contribution in [0.2, 0.25) is 0 Å². The molecule has 0 saturated heterocycles. The lowest BCUT2D eigenvalue weighted by Crippen LogP contribution is -2.29. The summed E-state index contributed by atoms with van der Waals surface area (Å²) in [6.45, 7) is 7.49. The number of hydrogen-bond acceptors (Lipinski definition) is 4. The summed E-state index contributed by atoms with van der Waals surface area (Å²) in [4.78, 5) is 29.1. The monoisotopic (exact) mass is 370 g/mol. The molecule has 144 valence electrons. The molecule has 0 spiro atoms. The summed E-state index contributed by atoms with van der Waals surface area (Å²) in [5.41, 5.74) is 2.65. The summed E-state index contributed by atoms with van der Waals surface area (Å²) in [5, 5.41) is 5.87. The van der Waals surface area contributed by atoms with Crippen LogP contribution in [0.5, 0.6) is 5.75 Å². The second-order valence-electron chi connectivity index (χ2n) is 7.94. The highest BCUT2D eigenvalue weighted by Crippen LogP contribution is 2.42. The lowest BCUT2D eigenvalue weighted by Gasteiger charge is -2.28. The molecule has 2 amide bonds. The number of methoxy groups -OCH3 is 1. The van der Waals surface area contributed by atoms with E-state index in [1.165, 1.54) is 0 Å². The fraction of sp³-hybridized carbons (Fsp3) is 0.450. The highest BCUT2D eigenvalue weighted by molar-refractivity contribution is 5.99. The molecular weight excluding hydrogens is 344 g/mol. The van der Waals surface area contributed by atoms with Gasteiger partial charge in [0.1, 0.15) is 11.6 Å². The van der Waals surface area contributed by atoms with E-state index in [4.69, 9.17) is 4.74 Å². The molecule has 1 aromatic heterocycles. The van der Waals surface area contributed by atoms with Gasteiger partial charge in [-0.1, -0.05) is 20.8 Å². The van der Waals surface area contributed by atoms with Gasteiger partial charge >= 0.3 is 0 Å². The van der Waals surface area contributed by atoms with Crippen molar-refractivity contribution < 1.29 is 14.3 Å². The van der Waals surface area contributed by atoms with Gasteiger partial charge in [0.15, 0.2) is 0 Å². The molecule has 1 aromatic carbocycles. The maximum atomic E-state index is 12.5. The molecule has 1 aliphatic heterocycles. The van der Waals surface area contributed by atoms with E-state index in [0.29, 0.717) is 23.5 Å². The predicted octanol–water partition coefficient (Wildman–Crippen LogP) is 3.20. The zero-order valence-electron chi connectivity index (χ0n) is 16.6. The predicted molar refractivity (Wildman–Crippen MR) is 104 cm³/mol. The number of imidazole rings is 1. The molecule has 2 N–H and O–H groups in total. The zero-order valence-corrected chi connectivity index (χ0v) is 16.6. The van der Waals surface area contributed by atoms with Gasteiger partial charge in [-0.05, 0) is 18.6 Å². The van der Waals surface area contributed by atoms with Crippen molar-refractivity contribution in [1.29, 1.82) is 0 Å². The van der Waals surface area contributed by atoms with Gasteiger partial charge in [0.05, 0.1) is 12.8 Å². The van der Waals surface area contributed by atoms with E-state index < -0.39 is 5.41 Å². The first-order chi connectivity index (χ1) is 12.6. The van der Waals surface area contributed by atoms with Gasteiger partial charge < -0.3 is 19.9 Å². The van der Waals surface area contributed by atoms with Crippen molar-refractivity contribution in [2.75, 3.05) is 17.7 Å². The van der Waals surface area contributed by atoms with Crippen LogP contribution in [0, 0.1) is 12.3 Å². The molecule has 7 nitrogen and oxygen atoms in total. The van der Waals surface area contributed by atoms with Crippen molar-refractivity contribution in [3.05, 3.63) is 35.4 Å². The number of carbonyl (C=O) groups excluding carboxylic acids is 2. The Bertz CT molecular complexity index is 909. The number of anilines is 2. The van der Waals surface area contributed by atoms with Crippen molar-refractivity contribution in [3.8, 4) is 5.75 Å². The molecule has 27 heavy (non-hydrogen) atoms. The Hall–Kier alpha value is -2.83. The SMILES string of the molecule is COc1cc2c(cc1NC(=O)C(C)(C)C)C(c1cnc(C)n1C)CC(=O)N2. The van der Waals surface area contributed by atoms with E-state index in [9.17, 15) is 9.59 Å². The average Bonchev–Trinajstić information content (AvgIpc) is 2.92. The van der Waals surface area contributed by atoms with Crippen LogP contribution in [0.1, 0.15) is 50.2 Å². The van der Waals surface area contributed by atoms with Crippen LogP contribution in [0.3, 0.4) is 0 Å². The molecule has 3 rings (SSSR count). The number of hydrogen-bond donors (Lipinski definition) is 2. The fourth-order valence-electron chi connectivity index (χ4n) is 3.17. The maximum Gasteiger partial charge on any atom is 0.229 e. The highest BCUT2D eigenvalue weighted by Gasteiger charge is 2.31. The largest absolute Gasteiger partial charge is 0.494 e. The van der Waals surface area contributed by atoms with Gasteiger partial charge in [-0.25, -0.2) is 4.98 Å². The fourth-order valence-corrected chi connectivity index (χ4v) is 3.17. The second-order valence-corrected chi connectivity index (χ2v) is 7.94. The quantitative estimate of drug-likeness (QED) is 0.869. The number of aryl methyl sites for hydroxylation is 1. The summed E-state index contributed by atoms with van der Waals surface area (Å²) < 4.78 is 7.44. The van der Waals surface area contributed by atoms with E-state index in [1.807, 2.05) is 45.4 Å². The molecule has 1 unspecified atom stereocenters. The van der Waals surface area contributed by atoms with E-state index in [-0.39, 0.29) is 17.7 Å². The molecule has 0 fully saturated rings. The van der Waals surface area contributed by atoms with E-state index in [1.54, 1.807) is 19.4 Å². The normalized spacial score (nSPS) is 16.5. The molecule has 0 bridgehead atoms. The summed E-state index contributed by atoms with van der Waals surface area (Å²) in [5.74, 6) is 1.09. The summed E-state index contributed by atoms with van der Waals surface area (Å²) in [6, 6.07) is 3.66. The number of ether oxygens (including phenoxy) is 1. The van der Waals surface area contributed by atoms with Crippen LogP contribution in [-0.2, 0) is 16.6 Å². The van der Waals surface area contributed by atoms with Gasteiger partial charge in [-0.3, -0.25) is 9.59 Å². The van der Waals surface area contributed by atoms with Crippen LogP contribution >= 0.6 is 0 Å². The number of benzene rings is 1. The molecule has 0 radical (unpaired) electrons. The molecular formula is C20H26N4O3. The topological polar surface area (TPSA) is 85.2 Å². The third-order valence-electron chi connectivity index (χ3n) is 4.95. The number of fused-ring (bicyclic) bond motifs is 1. The standard InChI is InChI=1S/C20H26N4O3/c1-11-21-10-16(24(11)5)13-8-18(25)22-14-9-17(27-6)15(7-12(13)14)23-19(26)20(2,3)4/h7,9-10,13H,8H2,1-6H3,(H,22,25)(H,23,26). The average molecular weight is 370 g/mol. The van der Waals surface area contributed by atoms with Crippen molar-refractivity contribution in [2.45, 2.75) is 40.0 Å². The number of rotatable bonds is 3. The Balaban J connectivity index is 2.10. The minimum absolute atomic E-state index is 0.0557. The Morgan fingerprint density at radius 3 is 2.63 bits per heavy atom. The van der Waals surface area contributed by atoms with E-state index >= 15 is 0 Å². The number of amides is 2. The smallest absolute Gasteiger partial charge is 0.229 e. The zero-order chi connectivity index (χ0) is 19.9. The first-order valence-corrected chi connectivity index (χ1v) is 8.93. The first-order valence-electron chi connectivity index (χ1n) is 8.93.